The van der Waals surface area contributed by atoms with Gasteiger partial charge in [0.2, 0.25) is 0 Å². The third kappa shape index (κ3) is 8.20. The van der Waals surface area contributed by atoms with Crippen molar-refractivity contribution in [2.24, 2.45) is 11.5 Å². The van der Waals surface area contributed by atoms with Gasteiger partial charge in [-0.25, -0.2) is 0 Å². The van der Waals surface area contributed by atoms with Crippen molar-refractivity contribution in [3.8, 4) is 0 Å². The van der Waals surface area contributed by atoms with Crippen LogP contribution in [0.2, 0.25) is 6.04 Å². The van der Waals surface area contributed by atoms with Gasteiger partial charge in [-0.15, -0.1) is 0 Å². The van der Waals surface area contributed by atoms with Crippen LogP contribution in [0.25, 0.3) is 0 Å². The van der Waals surface area contributed by atoms with Gasteiger partial charge >= 0.3 is 0 Å². The summed E-state index contributed by atoms with van der Waals surface area (Å²) in [5.74, 6) is 0. The van der Waals surface area contributed by atoms with Crippen LogP contribution in [-0.4, -0.2) is 29.0 Å². The number of rotatable bonds is 8. The molecule has 0 aromatic carbocycles. The molecule has 4 N–H and O–H groups in total. The highest BCUT2D eigenvalue weighted by atomic mass is 28.2. The van der Waals surface area contributed by atoms with E-state index in [1.807, 2.05) is 0 Å². The summed E-state index contributed by atoms with van der Waals surface area (Å²) in [6, 6.07) is 1.10. The Balaban J connectivity index is 3.04. The molecule has 0 aliphatic rings. The highest BCUT2D eigenvalue weighted by molar-refractivity contribution is 6.27. The van der Waals surface area contributed by atoms with Crippen LogP contribution in [0.15, 0.2) is 0 Å². The lowest BCUT2D eigenvalue weighted by Gasteiger charge is -2.12. The molecule has 0 spiro atoms. The molecule has 0 bridgehead atoms. The van der Waals surface area contributed by atoms with Crippen LogP contribution in [0.1, 0.15) is 26.2 Å². The Morgan fingerprint density at radius 2 is 2.00 bits per heavy atom. The smallest absolute Gasteiger partial charge is 0.163 e. The Morgan fingerprint density at radius 1 is 1.25 bits per heavy atom. The normalized spacial score (nSPS) is 14.2. The maximum absolute atomic E-state index is 5.65. The first-order chi connectivity index (χ1) is 5.81. The molecule has 0 saturated heterocycles. The summed E-state index contributed by atoms with van der Waals surface area (Å²) in [6.45, 7) is 3.72. The van der Waals surface area contributed by atoms with Crippen LogP contribution in [0.3, 0.4) is 0 Å². The molecular weight excluding hydrogens is 168 g/mol. The van der Waals surface area contributed by atoms with E-state index in [0.29, 0.717) is 6.10 Å². The maximum atomic E-state index is 5.65. The van der Waals surface area contributed by atoms with E-state index in [9.17, 15) is 0 Å². The molecule has 0 saturated carbocycles. The summed E-state index contributed by atoms with van der Waals surface area (Å²) in [4.78, 5) is 0. The molecule has 0 aliphatic carbocycles. The summed E-state index contributed by atoms with van der Waals surface area (Å²) < 4.78 is 5.65. The minimum atomic E-state index is -0.327. The molecule has 1 unspecified atom stereocenters. The molecule has 74 valence electrons. The zero-order valence-corrected chi connectivity index (χ0v) is 9.50. The predicted octanol–water partition coefficient (Wildman–Crippen LogP) is -0.0187. The van der Waals surface area contributed by atoms with Gasteiger partial charge in [0.1, 0.15) is 0 Å². The summed E-state index contributed by atoms with van der Waals surface area (Å²) in [6.07, 6.45) is 3.88. The molecule has 12 heavy (non-hydrogen) atoms. The molecular formula is C8H22N2OSi. The minimum absolute atomic E-state index is 0.327. The molecule has 0 rings (SSSR count). The number of hydrogen-bond acceptors (Lipinski definition) is 3. The van der Waals surface area contributed by atoms with Gasteiger partial charge in [-0.1, -0.05) is 0 Å². The third-order valence-electron chi connectivity index (χ3n) is 1.82. The van der Waals surface area contributed by atoms with Crippen LogP contribution in [-0.2, 0) is 4.43 Å². The molecule has 0 aliphatic heterocycles. The SMILES string of the molecule is CC(CCCCN)O[SiH2]CCN. The largest absolute Gasteiger partial charge is 0.421 e. The van der Waals surface area contributed by atoms with E-state index >= 15 is 0 Å². The molecule has 1 atom stereocenters. The van der Waals surface area contributed by atoms with Crippen molar-refractivity contribution in [1.29, 1.82) is 0 Å². The minimum Gasteiger partial charge on any atom is -0.421 e. The van der Waals surface area contributed by atoms with E-state index < -0.39 is 0 Å². The van der Waals surface area contributed by atoms with Crippen LogP contribution in [0.4, 0.5) is 0 Å². The fourth-order valence-corrected chi connectivity index (χ4v) is 1.93. The summed E-state index contributed by atoms with van der Waals surface area (Å²) in [7, 11) is -0.327. The van der Waals surface area contributed by atoms with E-state index in [1.165, 1.54) is 6.42 Å². The van der Waals surface area contributed by atoms with E-state index in [4.69, 9.17) is 15.9 Å². The Morgan fingerprint density at radius 3 is 2.58 bits per heavy atom. The fraction of sp³-hybridized carbons (Fsp3) is 1.00. The van der Waals surface area contributed by atoms with Gasteiger partial charge in [0.05, 0.1) is 0 Å². The Labute approximate surface area is 77.8 Å². The molecule has 0 radical (unpaired) electrons. The second kappa shape index (κ2) is 9.19. The second-order valence-electron chi connectivity index (χ2n) is 3.11. The standard InChI is InChI=1S/C8H22N2OSi/c1-8(4-2-3-5-9)11-12-7-6-10/h8H,2-7,9-10,12H2,1H3. The average molecular weight is 190 g/mol. The van der Waals surface area contributed by atoms with E-state index in [2.05, 4.69) is 6.92 Å². The average Bonchev–Trinajstić information content (AvgIpc) is 2.06. The first kappa shape index (κ1) is 12.1. The highest BCUT2D eigenvalue weighted by Crippen LogP contribution is 2.02. The molecule has 0 heterocycles. The predicted molar refractivity (Wildman–Crippen MR) is 55.9 cm³/mol. The van der Waals surface area contributed by atoms with Crippen molar-refractivity contribution >= 4 is 9.76 Å². The van der Waals surface area contributed by atoms with Gasteiger partial charge in [-0.05, 0) is 45.3 Å². The molecule has 0 fully saturated rings. The summed E-state index contributed by atoms with van der Waals surface area (Å²) in [5.41, 5.74) is 10.8. The van der Waals surface area contributed by atoms with Crippen molar-refractivity contribution in [3.63, 3.8) is 0 Å². The van der Waals surface area contributed by atoms with Crippen molar-refractivity contribution in [1.82, 2.24) is 0 Å². The zero-order chi connectivity index (χ0) is 9.23. The first-order valence-corrected chi connectivity index (χ1v) is 6.40. The van der Waals surface area contributed by atoms with Gasteiger partial charge in [0, 0.05) is 6.10 Å². The van der Waals surface area contributed by atoms with Crippen LogP contribution >= 0.6 is 0 Å². The van der Waals surface area contributed by atoms with Gasteiger partial charge in [0.25, 0.3) is 0 Å². The van der Waals surface area contributed by atoms with Gasteiger partial charge in [0.15, 0.2) is 9.76 Å². The van der Waals surface area contributed by atoms with Crippen molar-refractivity contribution in [3.05, 3.63) is 0 Å². The van der Waals surface area contributed by atoms with Crippen molar-refractivity contribution < 1.29 is 4.43 Å². The lowest BCUT2D eigenvalue weighted by molar-refractivity contribution is 0.217. The second-order valence-corrected chi connectivity index (χ2v) is 4.56. The molecule has 0 aromatic heterocycles. The summed E-state index contributed by atoms with van der Waals surface area (Å²) in [5, 5.41) is 0. The molecule has 0 amide bonds. The Hall–Kier alpha value is 0.0969. The fourth-order valence-electron chi connectivity index (χ4n) is 1.03. The number of nitrogens with two attached hydrogens (primary N) is 2. The zero-order valence-electron chi connectivity index (χ0n) is 8.09. The number of hydrogen-bond donors (Lipinski definition) is 2. The van der Waals surface area contributed by atoms with Crippen molar-refractivity contribution in [2.45, 2.75) is 38.3 Å². The van der Waals surface area contributed by atoms with E-state index in [1.54, 1.807) is 0 Å². The van der Waals surface area contributed by atoms with Crippen LogP contribution < -0.4 is 11.5 Å². The van der Waals surface area contributed by atoms with E-state index in [0.717, 1.165) is 32.0 Å². The van der Waals surface area contributed by atoms with Gasteiger partial charge in [-0.3, -0.25) is 0 Å². The Bertz CT molecular complexity index is 83.1. The maximum Gasteiger partial charge on any atom is 0.163 e. The number of unbranched alkanes of at least 4 members (excludes halogenated alkanes) is 1. The van der Waals surface area contributed by atoms with Crippen molar-refractivity contribution in [2.75, 3.05) is 13.1 Å². The molecule has 3 nitrogen and oxygen atoms in total. The van der Waals surface area contributed by atoms with Crippen LogP contribution in [0, 0.1) is 0 Å². The molecule has 0 aromatic rings. The lowest BCUT2D eigenvalue weighted by atomic mass is 10.2. The van der Waals surface area contributed by atoms with Crippen LogP contribution in [0.5, 0.6) is 0 Å². The van der Waals surface area contributed by atoms with Gasteiger partial charge in [-0.2, -0.15) is 0 Å². The third-order valence-corrected chi connectivity index (χ3v) is 3.32. The summed E-state index contributed by atoms with van der Waals surface area (Å²) >= 11 is 0. The van der Waals surface area contributed by atoms with E-state index in [-0.39, 0.29) is 9.76 Å². The first-order valence-electron chi connectivity index (χ1n) is 4.83. The van der Waals surface area contributed by atoms with Gasteiger partial charge < -0.3 is 15.9 Å². The lowest BCUT2D eigenvalue weighted by Crippen LogP contribution is -2.14. The Kier molecular flexibility index (Phi) is 9.26. The topological polar surface area (TPSA) is 61.3 Å². The quantitative estimate of drug-likeness (QED) is 0.418. The molecule has 4 heteroatoms. The monoisotopic (exact) mass is 190 g/mol. The highest BCUT2D eigenvalue weighted by Gasteiger charge is 2.00.